The molecule has 1 aliphatic rings. The third-order valence-corrected chi connectivity index (χ3v) is 3.77. The molecule has 118 valence electrons. The van der Waals surface area contributed by atoms with Gasteiger partial charge in [0.05, 0.1) is 5.69 Å². The predicted octanol–water partition coefficient (Wildman–Crippen LogP) is 1.59. The molecule has 1 N–H and O–H groups in total. The van der Waals surface area contributed by atoms with Crippen LogP contribution in [0.1, 0.15) is 37.1 Å². The van der Waals surface area contributed by atoms with Gasteiger partial charge in [0.15, 0.2) is 0 Å². The molecule has 0 aliphatic carbocycles. The van der Waals surface area contributed by atoms with Crippen molar-refractivity contribution >= 4 is 5.91 Å². The second-order valence-electron chi connectivity index (χ2n) is 5.15. The maximum atomic E-state index is 13.2. The van der Waals surface area contributed by atoms with Crippen LogP contribution in [0.25, 0.3) is 0 Å². The molecule has 1 aliphatic heterocycles. The summed E-state index contributed by atoms with van der Waals surface area (Å²) in [5, 5.41) is 3.00. The quantitative estimate of drug-likeness (QED) is 0.922. The Morgan fingerprint density at radius 2 is 2.19 bits per heavy atom. The Kier molecular flexibility index (Phi) is 4.27. The molecule has 0 fully saturated rings. The zero-order valence-electron chi connectivity index (χ0n) is 12.3. The summed E-state index contributed by atoms with van der Waals surface area (Å²) in [5.74, 6) is -1.33. The Labute approximate surface area is 121 Å². The molecule has 1 atom stereocenters. The molecule has 1 unspecified atom stereocenters. The van der Waals surface area contributed by atoms with E-state index in [1.165, 1.54) is 11.8 Å². The number of fused-ring (bicyclic) bond motifs is 1. The van der Waals surface area contributed by atoms with Gasteiger partial charge in [-0.15, -0.1) is 0 Å². The van der Waals surface area contributed by atoms with Crippen LogP contribution >= 0.6 is 0 Å². The number of halogens is 3. The van der Waals surface area contributed by atoms with Crippen LogP contribution in [0.5, 0.6) is 0 Å². The Balaban J connectivity index is 2.50. The number of carbonyl (C=O) groups excluding carboxylic acids is 1. The molecule has 0 saturated carbocycles. The SMILES string of the molecule is CCN(C)C(=O)C(C)n1c(C(F)(F)F)nc2c1CCNC2. The number of nitrogens with one attached hydrogen (secondary N) is 1. The van der Waals surface area contributed by atoms with Crippen LogP contribution in [0.15, 0.2) is 0 Å². The summed E-state index contributed by atoms with van der Waals surface area (Å²) in [6.45, 7) is 4.61. The van der Waals surface area contributed by atoms with Gasteiger partial charge in [-0.2, -0.15) is 13.2 Å². The van der Waals surface area contributed by atoms with Gasteiger partial charge in [0.1, 0.15) is 6.04 Å². The molecule has 0 bridgehead atoms. The van der Waals surface area contributed by atoms with Gasteiger partial charge in [0.25, 0.3) is 0 Å². The summed E-state index contributed by atoms with van der Waals surface area (Å²) in [6, 6.07) is -0.916. The van der Waals surface area contributed by atoms with Crippen molar-refractivity contribution in [1.82, 2.24) is 19.8 Å². The Morgan fingerprint density at radius 1 is 1.52 bits per heavy atom. The van der Waals surface area contributed by atoms with E-state index in [0.717, 1.165) is 4.57 Å². The van der Waals surface area contributed by atoms with Crippen molar-refractivity contribution in [2.75, 3.05) is 20.1 Å². The van der Waals surface area contributed by atoms with Crippen molar-refractivity contribution in [2.24, 2.45) is 0 Å². The lowest BCUT2D eigenvalue weighted by atomic mass is 10.1. The number of nitrogens with zero attached hydrogens (tertiary/aromatic N) is 3. The molecule has 21 heavy (non-hydrogen) atoms. The first-order valence-electron chi connectivity index (χ1n) is 6.90. The largest absolute Gasteiger partial charge is 0.449 e. The van der Waals surface area contributed by atoms with Crippen molar-refractivity contribution in [3.63, 3.8) is 0 Å². The maximum Gasteiger partial charge on any atom is 0.449 e. The first-order valence-corrected chi connectivity index (χ1v) is 6.90. The summed E-state index contributed by atoms with van der Waals surface area (Å²) in [6.07, 6.45) is -4.14. The Bertz CT molecular complexity index is 538. The second-order valence-corrected chi connectivity index (χ2v) is 5.15. The average Bonchev–Trinajstić information content (AvgIpc) is 2.84. The van der Waals surface area contributed by atoms with Crippen molar-refractivity contribution in [3.8, 4) is 0 Å². The Morgan fingerprint density at radius 3 is 2.76 bits per heavy atom. The highest BCUT2D eigenvalue weighted by Gasteiger charge is 2.41. The third-order valence-electron chi connectivity index (χ3n) is 3.77. The molecule has 0 radical (unpaired) electrons. The second kappa shape index (κ2) is 5.67. The van der Waals surface area contributed by atoms with Gasteiger partial charge in [0.2, 0.25) is 11.7 Å². The Hall–Kier alpha value is -1.57. The van der Waals surface area contributed by atoms with Crippen molar-refractivity contribution in [1.29, 1.82) is 0 Å². The van der Waals surface area contributed by atoms with Gasteiger partial charge in [-0.3, -0.25) is 4.79 Å². The van der Waals surface area contributed by atoms with E-state index in [0.29, 0.717) is 37.4 Å². The van der Waals surface area contributed by atoms with E-state index >= 15 is 0 Å². The lowest BCUT2D eigenvalue weighted by Crippen LogP contribution is -2.36. The zero-order chi connectivity index (χ0) is 15.8. The summed E-state index contributed by atoms with van der Waals surface area (Å²) in [4.78, 5) is 17.4. The highest BCUT2D eigenvalue weighted by atomic mass is 19.4. The molecule has 2 rings (SSSR count). The standard InChI is InChI=1S/C13H19F3N4O/c1-4-19(3)11(21)8(2)20-10-5-6-17-7-9(10)18-12(20)13(14,15)16/h8,17H,4-7H2,1-3H3. The highest BCUT2D eigenvalue weighted by Crippen LogP contribution is 2.34. The van der Waals surface area contributed by atoms with E-state index < -0.39 is 18.0 Å². The van der Waals surface area contributed by atoms with Crippen LogP contribution in [0, 0.1) is 0 Å². The van der Waals surface area contributed by atoms with Crippen molar-refractivity contribution in [3.05, 3.63) is 17.2 Å². The molecule has 2 heterocycles. The van der Waals surface area contributed by atoms with Gasteiger partial charge in [-0.1, -0.05) is 0 Å². The van der Waals surface area contributed by atoms with Gasteiger partial charge in [-0.05, 0) is 13.8 Å². The van der Waals surface area contributed by atoms with E-state index in [4.69, 9.17) is 0 Å². The average molecular weight is 304 g/mol. The normalized spacial score (nSPS) is 16.5. The lowest BCUT2D eigenvalue weighted by Gasteiger charge is -2.25. The number of rotatable bonds is 3. The van der Waals surface area contributed by atoms with Gasteiger partial charge < -0.3 is 14.8 Å². The fourth-order valence-electron chi connectivity index (χ4n) is 2.54. The van der Waals surface area contributed by atoms with Crippen molar-refractivity contribution < 1.29 is 18.0 Å². The molecule has 5 nitrogen and oxygen atoms in total. The number of aromatic nitrogens is 2. The highest BCUT2D eigenvalue weighted by molar-refractivity contribution is 5.80. The molecule has 1 aromatic heterocycles. The summed E-state index contributed by atoms with van der Waals surface area (Å²) >= 11 is 0. The molecule has 8 heteroatoms. The van der Waals surface area contributed by atoms with E-state index in [1.54, 1.807) is 14.0 Å². The molecule has 0 saturated heterocycles. The van der Waals surface area contributed by atoms with Gasteiger partial charge in [0, 0.05) is 38.8 Å². The predicted molar refractivity (Wildman–Crippen MR) is 70.7 cm³/mol. The number of carbonyl (C=O) groups is 1. The fourth-order valence-corrected chi connectivity index (χ4v) is 2.54. The summed E-state index contributed by atoms with van der Waals surface area (Å²) in [7, 11) is 1.58. The van der Waals surface area contributed by atoms with E-state index in [2.05, 4.69) is 10.3 Å². The van der Waals surface area contributed by atoms with Gasteiger partial charge >= 0.3 is 6.18 Å². The lowest BCUT2D eigenvalue weighted by molar-refractivity contribution is -0.149. The molecule has 1 amide bonds. The zero-order valence-corrected chi connectivity index (χ0v) is 12.3. The van der Waals surface area contributed by atoms with Crippen molar-refractivity contribution in [2.45, 2.75) is 39.0 Å². The minimum absolute atomic E-state index is 0.302. The minimum atomic E-state index is -4.57. The molecule has 0 aromatic carbocycles. The van der Waals surface area contributed by atoms with Crippen LogP contribution < -0.4 is 5.32 Å². The van der Waals surface area contributed by atoms with Gasteiger partial charge in [-0.25, -0.2) is 4.98 Å². The monoisotopic (exact) mass is 304 g/mol. The smallest absolute Gasteiger partial charge is 0.344 e. The number of hydrogen-bond donors (Lipinski definition) is 1. The number of amides is 1. The molecule has 0 spiro atoms. The van der Waals surface area contributed by atoms with Crippen LogP contribution in [0.3, 0.4) is 0 Å². The fraction of sp³-hybridized carbons (Fsp3) is 0.692. The molecular weight excluding hydrogens is 285 g/mol. The van der Waals surface area contributed by atoms with E-state index in [-0.39, 0.29) is 5.91 Å². The first-order chi connectivity index (χ1) is 9.77. The van der Waals surface area contributed by atoms with Crippen LogP contribution in [0.4, 0.5) is 13.2 Å². The minimum Gasteiger partial charge on any atom is -0.344 e. The summed E-state index contributed by atoms with van der Waals surface area (Å²) < 4.78 is 40.7. The van der Waals surface area contributed by atoms with Crippen LogP contribution in [-0.4, -0.2) is 40.5 Å². The molecule has 1 aromatic rings. The van der Waals surface area contributed by atoms with E-state index in [1.807, 2.05) is 0 Å². The number of alkyl halides is 3. The van der Waals surface area contributed by atoms with Crippen LogP contribution in [-0.2, 0) is 23.9 Å². The summed E-state index contributed by atoms with van der Waals surface area (Å²) in [5.41, 5.74) is 0.888. The maximum absolute atomic E-state index is 13.2. The topological polar surface area (TPSA) is 50.2 Å². The number of imidazole rings is 1. The molecular formula is C13H19F3N4O. The van der Waals surface area contributed by atoms with Crippen LogP contribution in [0.2, 0.25) is 0 Å². The third kappa shape index (κ3) is 2.90. The number of hydrogen-bond acceptors (Lipinski definition) is 3. The van der Waals surface area contributed by atoms with E-state index in [9.17, 15) is 18.0 Å². The number of likely N-dealkylation sites (N-methyl/N-ethyl adjacent to an activating group) is 1. The first kappa shape index (κ1) is 15.8.